The highest BCUT2D eigenvalue weighted by atomic mass is 19.4. The predicted molar refractivity (Wildman–Crippen MR) is 75.0 cm³/mol. The highest BCUT2D eigenvalue weighted by Crippen LogP contribution is 2.29. The van der Waals surface area contributed by atoms with E-state index in [2.05, 4.69) is 0 Å². The number of benzene rings is 1. The molecular formula is C15H17F3N2O3. The smallest absolute Gasteiger partial charge is 0.340 e. The monoisotopic (exact) mass is 330 g/mol. The van der Waals surface area contributed by atoms with Crippen LogP contribution in [-0.4, -0.2) is 36.9 Å². The van der Waals surface area contributed by atoms with Crippen LogP contribution in [0.1, 0.15) is 17.5 Å². The van der Waals surface area contributed by atoms with E-state index in [1.54, 1.807) is 0 Å². The lowest BCUT2D eigenvalue weighted by Gasteiger charge is -2.11. The van der Waals surface area contributed by atoms with E-state index in [9.17, 15) is 22.8 Å². The van der Waals surface area contributed by atoms with Gasteiger partial charge in [-0.05, 0) is 37.7 Å². The molecule has 0 saturated carbocycles. The molecule has 0 radical (unpaired) electrons. The Morgan fingerprint density at radius 3 is 2.48 bits per heavy atom. The average molecular weight is 330 g/mol. The molecule has 23 heavy (non-hydrogen) atoms. The summed E-state index contributed by atoms with van der Waals surface area (Å²) in [5, 5.41) is 0. The summed E-state index contributed by atoms with van der Waals surface area (Å²) in [4.78, 5) is 30.1. The van der Waals surface area contributed by atoms with E-state index in [4.69, 9.17) is 4.84 Å². The number of carbonyl (C=O) groups is 2. The number of amides is 1. The second kappa shape index (κ2) is 6.99. The van der Waals surface area contributed by atoms with Gasteiger partial charge in [0.25, 0.3) is 5.91 Å². The molecule has 1 unspecified atom stereocenters. The second-order valence-electron chi connectivity index (χ2n) is 5.57. The zero-order chi connectivity index (χ0) is 17.0. The molecule has 126 valence electrons. The molecule has 1 aliphatic rings. The normalized spacial score (nSPS) is 18.7. The SMILES string of the molecule is CN1CCC(C(=O)ONC(=O)Cc2ccc(C(F)(F)F)cc2)C1. The first kappa shape index (κ1) is 17.3. The zero-order valence-corrected chi connectivity index (χ0v) is 12.5. The lowest BCUT2D eigenvalue weighted by Crippen LogP contribution is -2.32. The third-order valence-corrected chi connectivity index (χ3v) is 3.64. The topological polar surface area (TPSA) is 58.6 Å². The number of nitrogens with zero attached hydrogens (tertiary/aromatic N) is 1. The van der Waals surface area contributed by atoms with E-state index >= 15 is 0 Å². The highest BCUT2D eigenvalue weighted by molar-refractivity contribution is 5.80. The molecule has 0 aromatic heterocycles. The van der Waals surface area contributed by atoms with Crippen molar-refractivity contribution >= 4 is 11.9 Å². The number of hydroxylamine groups is 1. The number of carbonyl (C=O) groups excluding carboxylic acids is 2. The molecule has 1 aromatic carbocycles. The van der Waals surface area contributed by atoms with Gasteiger partial charge in [0.05, 0.1) is 17.9 Å². The van der Waals surface area contributed by atoms with Crippen LogP contribution in [0, 0.1) is 5.92 Å². The Kier molecular flexibility index (Phi) is 5.25. The van der Waals surface area contributed by atoms with Crippen molar-refractivity contribution in [2.75, 3.05) is 20.1 Å². The van der Waals surface area contributed by atoms with E-state index in [0.29, 0.717) is 18.5 Å². The minimum atomic E-state index is -4.41. The summed E-state index contributed by atoms with van der Waals surface area (Å²) in [6.45, 7) is 1.37. The van der Waals surface area contributed by atoms with E-state index in [-0.39, 0.29) is 12.3 Å². The third kappa shape index (κ3) is 4.95. The largest absolute Gasteiger partial charge is 0.416 e. The van der Waals surface area contributed by atoms with Crippen LogP contribution in [0.5, 0.6) is 0 Å². The molecule has 0 spiro atoms. The van der Waals surface area contributed by atoms with Crippen LogP contribution in [0.4, 0.5) is 13.2 Å². The fourth-order valence-electron chi connectivity index (χ4n) is 2.35. The number of hydrogen-bond donors (Lipinski definition) is 1. The summed E-state index contributed by atoms with van der Waals surface area (Å²) in [6, 6.07) is 4.25. The molecule has 8 heteroatoms. The van der Waals surface area contributed by atoms with Crippen LogP contribution in [0.3, 0.4) is 0 Å². The lowest BCUT2D eigenvalue weighted by atomic mass is 10.1. The number of hydrogen-bond acceptors (Lipinski definition) is 4. The molecule has 1 amide bonds. The van der Waals surface area contributed by atoms with Crippen molar-refractivity contribution in [3.8, 4) is 0 Å². The molecule has 2 rings (SSSR count). The summed E-state index contributed by atoms with van der Waals surface area (Å²) in [5.74, 6) is -1.37. The minimum Gasteiger partial charge on any atom is -0.340 e. The Morgan fingerprint density at radius 1 is 1.30 bits per heavy atom. The maximum atomic E-state index is 12.4. The van der Waals surface area contributed by atoms with Gasteiger partial charge in [0.1, 0.15) is 0 Å². The standard InChI is InChI=1S/C15H17F3N2O3/c1-20-7-6-11(9-20)14(22)23-19-13(21)8-10-2-4-12(5-3-10)15(16,17)18/h2-5,11H,6-9H2,1H3,(H,19,21). The molecule has 0 aliphatic carbocycles. The minimum absolute atomic E-state index is 0.171. The first-order valence-corrected chi connectivity index (χ1v) is 7.10. The zero-order valence-electron chi connectivity index (χ0n) is 12.5. The van der Waals surface area contributed by atoms with Gasteiger partial charge in [-0.3, -0.25) is 4.79 Å². The van der Waals surface area contributed by atoms with Gasteiger partial charge >= 0.3 is 12.1 Å². The van der Waals surface area contributed by atoms with Gasteiger partial charge in [-0.25, -0.2) is 4.79 Å². The van der Waals surface area contributed by atoms with Crippen LogP contribution in [0.25, 0.3) is 0 Å². The van der Waals surface area contributed by atoms with Crippen LogP contribution < -0.4 is 5.48 Å². The first-order chi connectivity index (χ1) is 10.8. The Balaban J connectivity index is 1.79. The first-order valence-electron chi connectivity index (χ1n) is 7.10. The van der Waals surface area contributed by atoms with Gasteiger partial charge in [-0.2, -0.15) is 18.7 Å². The maximum Gasteiger partial charge on any atom is 0.416 e. The fraction of sp³-hybridized carbons (Fsp3) is 0.467. The Morgan fingerprint density at radius 2 is 1.96 bits per heavy atom. The molecule has 0 bridgehead atoms. The van der Waals surface area contributed by atoms with Gasteiger partial charge < -0.3 is 9.74 Å². The molecular weight excluding hydrogens is 313 g/mol. The van der Waals surface area contributed by atoms with Gasteiger partial charge in [0.2, 0.25) is 0 Å². The number of halogens is 3. The van der Waals surface area contributed by atoms with E-state index < -0.39 is 23.6 Å². The van der Waals surface area contributed by atoms with Gasteiger partial charge in [0, 0.05) is 6.54 Å². The Labute approximate surface area is 131 Å². The van der Waals surface area contributed by atoms with Crippen molar-refractivity contribution in [3.05, 3.63) is 35.4 Å². The van der Waals surface area contributed by atoms with Crippen LogP contribution in [0.2, 0.25) is 0 Å². The summed E-state index contributed by atoms with van der Waals surface area (Å²) < 4.78 is 37.3. The van der Waals surface area contributed by atoms with Crippen molar-refractivity contribution in [1.29, 1.82) is 0 Å². The summed E-state index contributed by atoms with van der Waals surface area (Å²) in [5.41, 5.74) is 1.65. The number of alkyl halides is 3. The second-order valence-corrected chi connectivity index (χ2v) is 5.57. The van der Waals surface area contributed by atoms with Crippen molar-refractivity contribution < 1.29 is 27.6 Å². The van der Waals surface area contributed by atoms with Gasteiger partial charge in [-0.15, -0.1) is 0 Å². The highest BCUT2D eigenvalue weighted by Gasteiger charge is 2.30. The molecule has 1 aromatic rings. The molecule has 5 nitrogen and oxygen atoms in total. The Hall–Kier alpha value is -2.09. The lowest BCUT2D eigenvalue weighted by molar-refractivity contribution is -0.161. The maximum absolute atomic E-state index is 12.4. The van der Waals surface area contributed by atoms with Crippen LogP contribution in [0.15, 0.2) is 24.3 Å². The predicted octanol–water partition coefficient (Wildman–Crippen LogP) is 1.77. The number of rotatable bonds is 3. The molecule has 1 heterocycles. The molecule has 1 atom stereocenters. The van der Waals surface area contributed by atoms with Crippen molar-refractivity contribution in [2.24, 2.45) is 5.92 Å². The number of nitrogens with one attached hydrogen (secondary N) is 1. The van der Waals surface area contributed by atoms with E-state index in [0.717, 1.165) is 18.7 Å². The summed E-state index contributed by atoms with van der Waals surface area (Å²) in [6.07, 6.45) is -3.91. The summed E-state index contributed by atoms with van der Waals surface area (Å²) in [7, 11) is 1.89. The van der Waals surface area contributed by atoms with Crippen LogP contribution >= 0.6 is 0 Å². The van der Waals surface area contributed by atoms with Gasteiger partial charge in [-0.1, -0.05) is 12.1 Å². The van der Waals surface area contributed by atoms with Crippen molar-refractivity contribution in [2.45, 2.75) is 19.0 Å². The quantitative estimate of drug-likeness (QED) is 0.858. The average Bonchev–Trinajstić information content (AvgIpc) is 2.91. The molecule has 1 N–H and O–H groups in total. The van der Waals surface area contributed by atoms with Crippen molar-refractivity contribution in [1.82, 2.24) is 10.4 Å². The van der Waals surface area contributed by atoms with Gasteiger partial charge in [0.15, 0.2) is 0 Å². The molecule has 1 saturated heterocycles. The van der Waals surface area contributed by atoms with E-state index in [1.165, 1.54) is 12.1 Å². The van der Waals surface area contributed by atoms with E-state index in [1.807, 2.05) is 17.4 Å². The molecule has 1 fully saturated rings. The number of likely N-dealkylation sites (tertiary alicyclic amines) is 1. The third-order valence-electron chi connectivity index (χ3n) is 3.64. The van der Waals surface area contributed by atoms with Crippen molar-refractivity contribution in [3.63, 3.8) is 0 Å². The summed E-state index contributed by atoms with van der Waals surface area (Å²) >= 11 is 0. The van der Waals surface area contributed by atoms with Crippen LogP contribution in [-0.2, 0) is 27.0 Å². The molecule has 1 aliphatic heterocycles. The Bertz CT molecular complexity index is 572. The fourth-order valence-corrected chi connectivity index (χ4v) is 2.35.